The minimum absolute atomic E-state index is 0.0503. The smallest absolute Gasteiger partial charge is 0.343 e. The highest BCUT2D eigenvalue weighted by atomic mass is 79.9. The summed E-state index contributed by atoms with van der Waals surface area (Å²) in [7, 11) is 0. The van der Waals surface area contributed by atoms with E-state index in [1.54, 1.807) is 5.32 Å². The quantitative estimate of drug-likeness (QED) is 0.836. The molecule has 0 atom stereocenters. The van der Waals surface area contributed by atoms with Gasteiger partial charge in [0.05, 0.1) is 5.56 Å². The zero-order valence-corrected chi connectivity index (χ0v) is 9.32. The fourth-order valence-corrected chi connectivity index (χ4v) is 1.48. The number of carbonyl (C=O) groups is 1. The standard InChI is InChI=1S/C9H6BrF4NO/c10-7-3-5(11)1-2-6(7)8(16)15-4-9(12,13)14/h1-3H,4H2,(H,15,16). The number of benzene rings is 1. The van der Waals surface area contributed by atoms with Crippen LogP contribution in [0.25, 0.3) is 0 Å². The summed E-state index contributed by atoms with van der Waals surface area (Å²) in [5.41, 5.74) is -0.0503. The lowest BCUT2D eigenvalue weighted by Gasteiger charge is -2.09. The van der Waals surface area contributed by atoms with E-state index >= 15 is 0 Å². The van der Waals surface area contributed by atoms with E-state index in [1.165, 1.54) is 0 Å². The normalized spacial score (nSPS) is 11.3. The van der Waals surface area contributed by atoms with E-state index in [1.807, 2.05) is 0 Å². The number of carbonyl (C=O) groups excluding carboxylic acids is 1. The van der Waals surface area contributed by atoms with Crippen molar-refractivity contribution in [2.75, 3.05) is 6.54 Å². The summed E-state index contributed by atoms with van der Waals surface area (Å²) in [6.07, 6.45) is -4.47. The van der Waals surface area contributed by atoms with Crippen molar-refractivity contribution in [1.82, 2.24) is 5.32 Å². The van der Waals surface area contributed by atoms with E-state index in [2.05, 4.69) is 15.9 Å². The number of alkyl halides is 3. The predicted octanol–water partition coefficient (Wildman–Crippen LogP) is 2.88. The van der Waals surface area contributed by atoms with Gasteiger partial charge < -0.3 is 5.32 Å². The Morgan fingerprint density at radius 3 is 2.50 bits per heavy atom. The summed E-state index contributed by atoms with van der Waals surface area (Å²) in [6.45, 7) is -1.42. The van der Waals surface area contributed by atoms with Crippen LogP contribution < -0.4 is 5.32 Å². The molecule has 0 spiro atoms. The van der Waals surface area contributed by atoms with E-state index in [0.29, 0.717) is 0 Å². The van der Waals surface area contributed by atoms with Crippen LogP contribution in [0.4, 0.5) is 17.6 Å². The van der Waals surface area contributed by atoms with Gasteiger partial charge in [-0.1, -0.05) is 0 Å². The summed E-state index contributed by atoms with van der Waals surface area (Å²) < 4.78 is 48.2. The van der Waals surface area contributed by atoms with Crippen molar-refractivity contribution in [3.05, 3.63) is 34.1 Å². The topological polar surface area (TPSA) is 29.1 Å². The van der Waals surface area contributed by atoms with E-state index in [0.717, 1.165) is 18.2 Å². The fraction of sp³-hybridized carbons (Fsp3) is 0.222. The lowest BCUT2D eigenvalue weighted by atomic mass is 10.2. The Morgan fingerprint density at radius 1 is 1.38 bits per heavy atom. The molecule has 0 unspecified atom stereocenters. The fourth-order valence-electron chi connectivity index (χ4n) is 0.949. The Hall–Kier alpha value is -1.11. The van der Waals surface area contributed by atoms with Gasteiger partial charge in [0.1, 0.15) is 12.4 Å². The second kappa shape index (κ2) is 4.82. The average Bonchev–Trinajstić information content (AvgIpc) is 2.13. The number of hydrogen-bond acceptors (Lipinski definition) is 1. The molecule has 0 aliphatic rings. The van der Waals surface area contributed by atoms with Crippen LogP contribution in [0.2, 0.25) is 0 Å². The molecule has 0 bridgehead atoms. The average molecular weight is 300 g/mol. The van der Waals surface area contributed by atoms with Crippen molar-refractivity contribution in [2.24, 2.45) is 0 Å². The van der Waals surface area contributed by atoms with Gasteiger partial charge in [-0.25, -0.2) is 4.39 Å². The Balaban J connectivity index is 2.74. The van der Waals surface area contributed by atoms with Crippen LogP contribution in [0.15, 0.2) is 22.7 Å². The molecule has 1 aromatic rings. The number of nitrogens with one attached hydrogen (secondary N) is 1. The van der Waals surface area contributed by atoms with Gasteiger partial charge in [-0.15, -0.1) is 0 Å². The maximum Gasteiger partial charge on any atom is 0.405 e. The molecule has 88 valence electrons. The minimum atomic E-state index is -4.47. The van der Waals surface area contributed by atoms with E-state index in [9.17, 15) is 22.4 Å². The molecular weight excluding hydrogens is 294 g/mol. The summed E-state index contributed by atoms with van der Waals surface area (Å²) in [6, 6.07) is 3.10. The Morgan fingerprint density at radius 2 is 2.00 bits per heavy atom. The second-order valence-electron chi connectivity index (χ2n) is 2.92. The van der Waals surface area contributed by atoms with Gasteiger partial charge in [0.2, 0.25) is 0 Å². The highest BCUT2D eigenvalue weighted by Gasteiger charge is 2.28. The monoisotopic (exact) mass is 299 g/mol. The molecule has 1 N–H and O–H groups in total. The van der Waals surface area contributed by atoms with Crippen molar-refractivity contribution < 1.29 is 22.4 Å². The lowest BCUT2D eigenvalue weighted by Crippen LogP contribution is -2.33. The molecule has 1 aromatic carbocycles. The summed E-state index contributed by atoms with van der Waals surface area (Å²) in [5, 5.41) is 1.68. The molecule has 0 saturated heterocycles. The first kappa shape index (κ1) is 13.0. The van der Waals surface area contributed by atoms with Gasteiger partial charge in [0.25, 0.3) is 5.91 Å². The molecular formula is C9H6BrF4NO. The van der Waals surface area contributed by atoms with Crippen molar-refractivity contribution in [3.63, 3.8) is 0 Å². The summed E-state index contributed by atoms with van der Waals surface area (Å²) in [5.74, 6) is -1.50. The van der Waals surface area contributed by atoms with Crippen molar-refractivity contribution >= 4 is 21.8 Å². The van der Waals surface area contributed by atoms with Gasteiger partial charge in [-0.2, -0.15) is 13.2 Å². The van der Waals surface area contributed by atoms with Crippen molar-refractivity contribution in [1.29, 1.82) is 0 Å². The molecule has 0 fully saturated rings. The van der Waals surface area contributed by atoms with Crippen LogP contribution in [0.3, 0.4) is 0 Å². The van der Waals surface area contributed by atoms with Crippen LogP contribution in [0, 0.1) is 5.82 Å². The van der Waals surface area contributed by atoms with Crippen LogP contribution in [0.1, 0.15) is 10.4 Å². The molecule has 0 aliphatic heterocycles. The molecule has 0 aliphatic carbocycles. The maximum absolute atomic E-state index is 12.6. The third-order valence-corrected chi connectivity index (χ3v) is 2.28. The van der Waals surface area contributed by atoms with Gasteiger partial charge in [0, 0.05) is 4.47 Å². The zero-order chi connectivity index (χ0) is 12.3. The van der Waals surface area contributed by atoms with Crippen LogP contribution in [-0.2, 0) is 0 Å². The molecule has 1 rings (SSSR count). The summed E-state index contributed by atoms with van der Waals surface area (Å²) >= 11 is 2.89. The largest absolute Gasteiger partial charge is 0.405 e. The Kier molecular flexibility index (Phi) is 3.90. The zero-order valence-electron chi connectivity index (χ0n) is 7.74. The molecule has 0 aromatic heterocycles. The first-order valence-electron chi connectivity index (χ1n) is 4.09. The Labute approximate surface area is 96.8 Å². The Bertz CT molecular complexity index is 405. The summed E-state index contributed by atoms with van der Waals surface area (Å²) in [4.78, 5) is 11.3. The lowest BCUT2D eigenvalue weighted by molar-refractivity contribution is -0.123. The second-order valence-corrected chi connectivity index (χ2v) is 3.78. The first-order chi connectivity index (χ1) is 7.29. The minimum Gasteiger partial charge on any atom is -0.343 e. The highest BCUT2D eigenvalue weighted by molar-refractivity contribution is 9.10. The first-order valence-corrected chi connectivity index (χ1v) is 4.89. The van der Waals surface area contributed by atoms with E-state index in [4.69, 9.17) is 0 Å². The number of rotatable bonds is 2. The number of hydrogen-bond donors (Lipinski definition) is 1. The third kappa shape index (κ3) is 3.80. The van der Waals surface area contributed by atoms with Gasteiger partial charge in [-0.3, -0.25) is 4.79 Å². The van der Waals surface area contributed by atoms with Crippen LogP contribution >= 0.6 is 15.9 Å². The maximum atomic E-state index is 12.6. The molecule has 0 radical (unpaired) electrons. The highest BCUT2D eigenvalue weighted by Crippen LogP contribution is 2.18. The van der Waals surface area contributed by atoms with Crippen LogP contribution in [-0.4, -0.2) is 18.6 Å². The third-order valence-electron chi connectivity index (χ3n) is 1.63. The molecule has 2 nitrogen and oxygen atoms in total. The predicted molar refractivity (Wildman–Crippen MR) is 52.5 cm³/mol. The molecule has 7 heteroatoms. The molecule has 0 saturated carbocycles. The van der Waals surface area contributed by atoms with E-state index < -0.39 is 24.4 Å². The van der Waals surface area contributed by atoms with Gasteiger partial charge >= 0.3 is 6.18 Å². The number of halogens is 5. The molecule has 16 heavy (non-hydrogen) atoms. The van der Waals surface area contributed by atoms with Gasteiger partial charge in [0.15, 0.2) is 0 Å². The van der Waals surface area contributed by atoms with E-state index in [-0.39, 0.29) is 10.0 Å². The molecule has 0 heterocycles. The van der Waals surface area contributed by atoms with Crippen LogP contribution in [0.5, 0.6) is 0 Å². The SMILES string of the molecule is O=C(NCC(F)(F)F)c1ccc(F)cc1Br. The van der Waals surface area contributed by atoms with Crippen molar-refractivity contribution in [3.8, 4) is 0 Å². The molecule has 1 amide bonds. The number of amides is 1. The van der Waals surface area contributed by atoms with Crippen molar-refractivity contribution in [2.45, 2.75) is 6.18 Å². The van der Waals surface area contributed by atoms with Gasteiger partial charge in [-0.05, 0) is 34.1 Å².